The molecule has 4 heteroatoms. The highest BCUT2D eigenvalue weighted by atomic mass is 35.5. The molecule has 15 heavy (non-hydrogen) atoms. The Morgan fingerprint density at radius 3 is 2.47 bits per heavy atom. The van der Waals surface area contributed by atoms with Crippen LogP contribution in [0.25, 0.3) is 0 Å². The second kappa shape index (κ2) is 5.61. The molecule has 1 aromatic carbocycles. The van der Waals surface area contributed by atoms with Crippen molar-refractivity contribution in [2.75, 3.05) is 13.7 Å². The predicted molar refractivity (Wildman–Crippen MR) is 58.6 cm³/mol. The SMILES string of the molecule is COc1ccc(C(=O)OCC(C)Cl)cc1. The molecule has 1 unspecified atom stereocenters. The van der Waals surface area contributed by atoms with Gasteiger partial charge in [-0.05, 0) is 31.2 Å². The molecule has 1 aromatic rings. The zero-order valence-corrected chi connectivity index (χ0v) is 9.45. The van der Waals surface area contributed by atoms with Crippen LogP contribution in [-0.2, 0) is 4.74 Å². The Morgan fingerprint density at radius 2 is 2.00 bits per heavy atom. The van der Waals surface area contributed by atoms with E-state index in [9.17, 15) is 4.79 Å². The lowest BCUT2D eigenvalue weighted by Gasteiger charge is -2.06. The van der Waals surface area contributed by atoms with Gasteiger partial charge in [0.15, 0.2) is 0 Å². The Hall–Kier alpha value is -1.22. The molecule has 82 valence electrons. The van der Waals surface area contributed by atoms with E-state index in [1.807, 2.05) is 0 Å². The monoisotopic (exact) mass is 228 g/mol. The molecule has 0 radical (unpaired) electrons. The van der Waals surface area contributed by atoms with Crippen LogP contribution in [0.15, 0.2) is 24.3 Å². The normalized spacial score (nSPS) is 11.9. The van der Waals surface area contributed by atoms with Crippen LogP contribution < -0.4 is 4.74 Å². The maximum atomic E-state index is 11.4. The molecular weight excluding hydrogens is 216 g/mol. The lowest BCUT2D eigenvalue weighted by molar-refractivity contribution is 0.0508. The Bertz CT molecular complexity index is 319. The second-order valence-corrected chi connectivity index (χ2v) is 3.85. The maximum Gasteiger partial charge on any atom is 0.338 e. The van der Waals surface area contributed by atoms with Crippen LogP contribution in [-0.4, -0.2) is 25.1 Å². The summed E-state index contributed by atoms with van der Waals surface area (Å²) in [5, 5.41) is -0.174. The molecule has 1 rings (SSSR count). The number of alkyl halides is 1. The van der Waals surface area contributed by atoms with Crippen molar-refractivity contribution >= 4 is 17.6 Å². The summed E-state index contributed by atoms with van der Waals surface area (Å²) in [4.78, 5) is 11.4. The first kappa shape index (κ1) is 11.9. The van der Waals surface area contributed by atoms with Gasteiger partial charge in [-0.15, -0.1) is 11.6 Å². The first-order valence-electron chi connectivity index (χ1n) is 4.58. The molecule has 3 nitrogen and oxygen atoms in total. The van der Waals surface area contributed by atoms with Crippen LogP contribution >= 0.6 is 11.6 Å². The summed E-state index contributed by atoms with van der Waals surface area (Å²) in [7, 11) is 1.57. The van der Waals surface area contributed by atoms with Gasteiger partial charge in [0, 0.05) is 0 Å². The number of hydrogen-bond donors (Lipinski definition) is 0. The molecule has 0 aliphatic rings. The molecular formula is C11H13ClO3. The van der Waals surface area contributed by atoms with Gasteiger partial charge in [-0.2, -0.15) is 0 Å². The molecule has 0 aliphatic carbocycles. The number of esters is 1. The van der Waals surface area contributed by atoms with Gasteiger partial charge < -0.3 is 9.47 Å². The van der Waals surface area contributed by atoms with Gasteiger partial charge >= 0.3 is 5.97 Å². The summed E-state index contributed by atoms with van der Waals surface area (Å²) in [6.45, 7) is 1.98. The van der Waals surface area contributed by atoms with Gasteiger partial charge in [-0.1, -0.05) is 0 Å². The zero-order chi connectivity index (χ0) is 11.3. The second-order valence-electron chi connectivity index (χ2n) is 3.11. The fourth-order valence-corrected chi connectivity index (χ4v) is 1.06. The number of ether oxygens (including phenoxy) is 2. The van der Waals surface area contributed by atoms with Gasteiger partial charge in [0.1, 0.15) is 12.4 Å². The molecule has 0 saturated heterocycles. The molecule has 0 heterocycles. The lowest BCUT2D eigenvalue weighted by Crippen LogP contribution is -2.11. The summed E-state index contributed by atoms with van der Waals surface area (Å²) >= 11 is 5.66. The Labute approximate surface area is 93.9 Å². The standard InChI is InChI=1S/C11H13ClO3/c1-8(12)7-15-11(13)9-3-5-10(14-2)6-4-9/h3-6,8H,7H2,1-2H3. The number of halogens is 1. The summed E-state index contributed by atoms with van der Waals surface area (Å²) in [6.07, 6.45) is 0. The maximum absolute atomic E-state index is 11.4. The highest BCUT2D eigenvalue weighted by Gasteiger charge is 2.08. The van der Waals surface area contributed by atoms with Crippen LogP contribution in [0.4, 0.5) is 0 Å². The van der Waals surface area contributed by atoms with Crippen LogP contribution in [0.5, 0.6) is 5.75 Å². The van der Waals surface area contributed by atoms with Crippen LogP contribution in [0.3, 0.4) is 0 Å². The van der Waals surface area contributed by atoms with Gasteiger partial charge in [0.25, 0.3) is 0 Å². The molecule has 0 fully saturated rings. The van der Waals surface area contributed by atoms with E-state index in [-0.39, 0.29) is 18.0 Å². The highest BCUT2D eigenvalue weighted by molar-refractivity contribution is 6.20. The lowest BCUT2D eigenvalue weighted by atomic mass is 10.2. The van der Waals surface area contributed by atoms with Gasteiger partial charge in [0.05, 0.1) is 18.1 Å². The third-order valence-corrected chi connectivity index (χ3v) is 1.90. The summed E-state index contributed by atoms with van der Waals surface area (Å²) in [5.41, 5.74) is 0.494. The Morgan fingerprint density at radius 1 is 1.40 bits per heavy atom. The van der Waals surface area contributed by atoms with Gasteiger partial charge in [0.2, 0.25) is 0 Å². The summed E-state index contributed by atoms with van der Waals surface area (Å²) < 4.78 is 9.93. The quantitative estimate of drug-likeness (QED) is 0.587. The first-order chi connectivity index (χ1) is 7.13. The topological polar surface area (TPSA) is 35.5 Å². The molecule has 0 N–H and O–H groups in total. The fraction of sp³-hybridized carbons (Fsp3) is 0.364. The summed E-state index contributed by atoms with van der Waals surface area (Å²) in [6, 6.07) is 6.72. The van der Waals surface area contributed by atoms with Gasteiger partial charge in [-0.25, -0.2) is 4.79 Å². The van der Waals surface area contributed by atoms with Crippen molar-refractivity contribution in [1.82, 2.24) is 0 Å². The van der Waals surface area contributed by atoms with E-state index < -0.39 is 0 Å². The fourth-order valence-electron chi connectivity index (χ4n) is 1.00. The molecule has 1 atom stereocenters. The predicted octanol–water partition coefficient (Wildman–Crippen LogP) is 2.48. The van der Waals surface area contributed by atoms with Crippen molar-refractivity contribution in [3.8, 4) is 5.75 Å². The van der Waals surface area contributed by atoms with E-state index in [1.54, 1.807) is 38.3 Å². The van der Waals surface area contributed by atoms with Gasteiger partial charge in [-0.3, -0.25) is 0 Å². The van der Waals surface area contributed by atoms with E-state index in [0.29, 0.717) is 11.3 Å². The Kier molecular flexibility index (Phi) is 4.43. The van der Waals surface area contributed by atoms with E-state index in [0.717, 1.165) is 0 Å². The van der Waals surface area contributed by atoms with Crippen molar-refractivity contribution in [1.29, 1.82) is 0 Å². The molecule has 0 bridgehead atoms. The minimum atomic E-state index is -0.370. The zero-order valence-electron chi connectivity index (χ0n) is 8.70. The molecule has 0 spiro atoms. The van der Waals surface area contributed by atoms with E-state index in [4.69, 9.17) is 21.1 Å². The van der Waals surface area contributed by atoms with Crippen molar-refractivity contribution < 1.29 is 14.3 Å². The Balaban J connectivity index is 2.58. The largest absolute Gasteiger partial charge is 0.497 e. The van der Waals surface area contributed by atoms with Crippen molar-refractivity contribution in [3.05, 3.63) is 29.8 Å². The average Bonchev–Trinajstić information content (AvgIpc) is 2.26. The van der Waals surface area contributed by atoms with E-state index >= 15 is 0 Å². The molecule has 0 aliphatic heterocycles. The summed E-state index contributed by atoms with van der Waals surface area (Å²) in [5.74, 6) is 0.336. The molecule has 0 amide bonds. The minimum Gasteiger partial charge on any atom is -0.497 e. The van der Waals surface area contributed by atoms with Crippen molar-refractivity contribution in [3.63, 3.8) is 0 Å². The number of carbonyl (C=O) groups excluding carboxylic acids is 1. The highest BCUT2D eigenvalue weighted by Crippen LogP contribution is 2.12. The number of hydrogen-bond acceptors (Lipinski definition) is 3. The van der Waals surface area contributed by atoms with E-state index in [1.165, 1.54) is 0 Å². The average molecular weight is 229 g/mol. The smallest absolute Gasteiger partial charge is 0.338 e. The number of rotatable bonds is 4. The number of benzene rings is 1. The van der Waals surface area contributed by atoms with Crippen molar-refractivity contribution in [2.45, 2.75) is 12.3 Å². The van der Waals surface area contributed by atoms with Crippen molar-refractivity contribution in [2.24, 2.45) is 0 Å². The molecule has 0 aromatic heterocycles. The number of carbonyl (C=O) groups is 1. The number of methoxy groups -OCH3 is 1. The minimum absolute atomic E-state index is 0.174. The van der Waals surface area contributed by atoms with Crippen LogP contribution in [0.2, 0.25) is 0 Å². The molecule has 0 saturated carbocycles. The third kappa shape index (κ3) is 3.80. The first-order valence-corrected chi connectivity index (χ1v) is 5.02. The van der Waals surface area contributed by atoms with E-state index in [2.05, 4.69) is 0 Å². The van der Waals surface area contributed by atoms with Crippen LogP contribution in [0, 0.1) is 0 Å². The van der Waals surface area contributed by atoms with Crippen LogP contribution in [0.1, 0.15) is 17.3 Å². The third-order valence-electron chi connectivity index (χ3n) is 1.77.